The fourth-order valence-corrected chi connectivity index (χ4v) is 1.65. The Bertz CT molecular complexity index is 458. The highest BCUT2D eigenvalue weighted by atomic mass is 16.5. The molecule has 0 saturated heterocycles. The van der Waals surface area contributed by atoms with Crippen LogP contribution in [0.5, 0.6) is 11.5 Å². The van der Waals surface area contributed by atoms with Crippen LogP contribution >= 0.6 is 0 Å². The maximum atomic E-state index is 11.8. The molecule has 0 saturated carbocycles. The molecule has 0 radical (unpaired) electrons. The number of amides is 1. The summed E-state index contributed by atoms with van der Waals surface area (Å²) < 4.78 is 10.7. The zero-order valence-corrected chi connectivity index (χ0v) is 12.4. The third-order valence-corrected chi connectivity index (χ3v) is 2.81. The molecule has 0 aliphatic rings. The lowest BCUT2D eigenvalue weighted by Gasteiger charge is -2.17. The van der Waals surface area contributed by atoms with Crippen molar-refractivity contribution in [2.75, 3.05) is 26.8 Å². The van der Waals surface area contributed by atoms with E-state index in [0.29, 0.717) is 25.3 Å². The first kappa shape index (κ1) is 16.8. The van der Waals surface area contributed by atoms with Crippen molar-refractivity contribution in [3.05, 3.63) is 24.3 Å². The van der Waals surface area contributed by atoms with Crippen LogP contribution in [0.15, 0.2) is 24.3 Å². The summed E-state index contributed by atoms with van der Waals surface area (Å²) in [5, 5.41) is 8.54. The number of carbonyl (C=O) groups is 2. The van der Waals surface area contributed by atoms with E-state index in [0.717, 1.165) is 5.75 Å². The van der Waals surface area contributed by atoms with E-state index in [4.69, 9.17) is 14.6 Å². The second-order valence-electron chi connectivity index (χ2n) is 4.51. The van der Waals surface area contributed by atoms with Crippen molar-refractivity contribution in [2.24, 2.45) is 0 Å². The number of benzene rings is 1. The van der Waals surface area contributed by atoms with E-state index in [1.54, 1.807) is 31.3 Å². The first-order chi connectivity index (χ1) is 10.0. The van der Waals surface area contributed by atoms with Gasteiger partial charge in [0, 0.05) is 20.0 Å². The highest BCUT2D eigenvalue weighted by molar-refractivity contribution is 5.77. The minimum atomic E-state index is -0.860. The predicted octanol–water partition coefficient (Wildman–Crippen LogP) is 1.79. The standard InChI is InChI=1S/C15H21NO5/c1-3-20-12-6-8-13(9-7-12)21-11-14(17)16(2)10-4-5-15(18)19/h6-9H,3-5,10-11H2,1-2H3,(H,18,19). The molecule has 6 nitrogen and oxygen atoms in total. The summed E-state index contributed by atoms with van der Waals surface area (Å²) in [6.45, 7) is 2.83. The van der Waals surface area contributed by atoms with Crippen LogP contribution < -0.4 is 9.47 Å². The largest absolute Gasteiger partial charge is 0.494 e. The number of carbonyl (C=O) groups excluding carboxylic acids is 1. The van der Waals surface area contributed by atoms with Gasteiger partial charge in [-0.2, -0.15) is 0 Å². The first-order valence-corrected chi connectivity index (χ1v) is 6.84. The molecule has 6 heteroatoms. The molecule has 1 N–H and O–H groups in total. The fourth-order valence-electron chi connectivity index (χ4n) is 1.65. The summed E-state index contributed by atoms with van der Waals surface area (Å²) >= 11 is 0. The highest BCUT2D eigenvalue weighted by Crippen LogP contribution is 2.17. The molecule has 21 heavy (non-hydrogen) atoms. The van der Waals surface area contributed by atoms with E-state index in [1.165, 1.54) is 4.90 Å². The van der Waals surface area contributed by atoms with Crippen LogP contribution in [-0.4, -0.2) is 48.7 Å². The molecule has 0 unspecified atom stereocenters. The van der Waals surface area contributed by atoms with Gasteiger partial charge in [0.2, 0.25) is 0 Å². The van der Waals surface area contributed by atoms with Crippen LogP contribution in [0.2, 0.25) is 0 Å². The lowest BCUT2D eigenvalue weighted by Crippen LogP contribution is -2.32. The average Bonchev–Trinajstić information content (AvgIpc) is 2.46. The molecule has 1 aromatic rings. The molecular weight excluding hydrogens is 274 g/mol. The van der Waals surface area contributed by atoms with Gasteiger partial charge in [-0.05, 0) is 37.6 Å². The van der Waals surface area contributed by atoms with Crippen molar-refractivity contribution in [1.82, 2.24) is 4.90 Å². The quantitative estimate of drug-likeness (QED) is 0.751. The second kappa shape index (κ2) is 8.84. The first-order valence-electron chi connectivity index (χ1n) is 6.84. The van der Waals surface area contributed by atoms with Crippen LogP contribution in [0.25, 0.3) is 0 Å². The SMILES string of the molecule is CCOc1ccc(OCC(=O)N(C)CCCC(=O)O)cc1. The minimum absolute atomic E-state index is 0.0529. The monoisotopic (exact) mass is 295 g/mol. The van der Waals surface area contributed by atoms with Crippen LogP contribution in [0.3, 0.4) is 0 Å². The Morgan fingerprint density at radius 1 is 1.14 bits per heavy atom. The van der Waals surface area contributed by atoms with Gasteiger partial charge in [-0.1, -0.05) is 0 Å². The van der Waals surface area contributed by atoms with Crippen molar-refractivity contribution in [2.45, 2.75) is 19.8 Å². The van der Waals surface area contributed by atoms with Gasteiger partial charge in [0.1, 0.15) is 11.5 Å². The molecule has 0 aromatic heterocycles. The zero-order valence-electron chi connectivity index (χ0n) is 12.4. The Kier molecular flexibility index (Phi) is 7.08. The number of aliphatic carboxylic acids is 1. The molecule has 1 rings (SSSR count). The Balaban J connectivity index is 2.32. The van der Waals surface area contributed by atoms with Gasteiger partial charge in [-0.15, -0.1) is 0 Å². The number of ether oxygens (including phenoxy) is 2. The molecular formula is C15H21NO5. The number of carboxylic acids is 1. The van der Waals surface area contributed by atoms with Crippen molar-refractivity contribution < 1.29 is 24.2 Å². The van der Waals surface area contributed by atoms with Crippen LogP contribution in [0.1, 0.15) is 19.8 Å². The Hall–Kier alpha value is -2.24. The lowest BCUT2D eigenvalue weighted by atomic mass is 10.3. The number of nitrogens with zero attached hydrogens (tertiary/aromatic N) is 1. The third-order valence-electron chi connectivity index (χ3n) is 2.81. The predicted molar refractivity (Wildman–Crippen MR) is 77.6 cm³/mol. The number of carboxylic acid groups (broad SMARTS) is 1. The highest BCUT2D eigenvalue weighted by Gasteiger charge is 2.10. The van der Waals surface area contributed by atoms with Crippen LogP contribution in [0.4, 0.5) is 0 Å². The summed E-state index contributed by atoms with van der Waals surface area (Å²) in [6, 6.07) is 7.03. The van der Waals surface area contributed by atoms with Gasteiger partial charge in [-0.3, -0.25) is 9.59 Å². The van der Waals surface area contributed by atoms with Gasteiger partial charge < -0.3 is 19.5 Å². The molecule has 0 fully saturated rings. The molecule has 0 bridgehead atoms. The normalized spacial score (nSPS) is 10.0. The topological polar surface area (TPSA) is 76.1 Å². The Morgan fingerprint density at radius 2 is 1.71 bits per heavy atom. The zero-order chi connectivity index (χ0) is 15.7. The second-order valence-corrected chi connectivity index (χ2v) is 4.51. The molecule has 0 aliphatic carbocycles. The van der Waals surface area contributed by atoms with E-state index >= 15 is 0 Å². The number of hydrogen-bond acceptors (Lipinski definition) is 4. The lowest BCUT2D eigenvalue weighted by molar-refractivity contribution is -0.138. The van der Waals surface area contributed by atoms with Crippen molar-refractivity contribution in [1.29, 1.82) is 0 Å². The third kappa shape index (κ3) is 6.65. The maximum Gasteiger partial charge on any atom is 0.303 e. The number of rotatable bonds is 9. The number of likely N-dealkylation sites (N-methyl/N-ethyl adjacent to an activating group) is 1. The summed E-state index contributed by atoms with van der Waals surface area (Å²) in [6.07, 6.45) is 0.484. The van der Waals surface area contributed by atoms with Gasteiger partial charge in [0.15, 0.2) is 6.61 Å². The summed E-state index contributed by atoms with van der Waals surface area (Å²) in [7, 11) is 1.63. The number of hydrogen-bond donors (Lipinski definition) is 1. The molecule has 1 aromatic carbocycles. The van der Waals surface area contributed by atoms with Crippen molar-refractivity contribution in [3.8, 4) is 11.5 Å². The molecule has 0 aliphatic heterocycles. The van der Waals surface area contributed by atoms with Gasteiger partial charge in [0.05, 0.1) is 6.61 Å². The summed E-state index contributed by atoms with van der Waals surface area (Å²) in [5.41, 5.74) is 0. The van der Waals surface area contributed by atoms with Crippen molar-refractivity contribution in [3.63, 3.8) is 0 Å². The smallest absolute Gasteiger partial charge is 0.303 e. The maximum absolute atomic E-state index is 11.8. The van der Waals surface area contributed by atoms with E-state index in [1.807, 2.05) is 6.92 Å². The van der Waals surface area contributed by atoms with E-state index in [-0.39, 0.29) is 18.9 Å². The Labute approximate surface area is 124 Å². The van der Waals surface area contributed by atoms with Gasteiger partial charge >= 0.3 is 5.97 Å². The summed E-state index contributed by atoms with van der Waals surface area (Å²) in [5.74, 6) is 0.295. The van der Waals surface area contributed by atoms with Crippen LogP contribution in [0, 0.1) is 0 Å². The van der Waals surface area contributed by atoms with E-state index < -0.39 is 5.97 Å². The van der Waals surface area contributed by atoms with E-state index in [2.05, 4.69) is 0 Å². The average molecular weight is 295 g/mol. The molecule has 1 amide bonds. The fraction of sp³-hybridized carbons (Fsp3) is 0.467. The minimum Gasteiger partial charge on any atom is -0.494 e. The molecule has 116 valence electrons. The van der Waals surface area contributed by atoms with E-state index in [9.17, 15) is 9.59 Å². The summed E-state index contributed by atoms with van der Waals surface area (Å²) in [4.78, 5) is 23.7. The molecule has 0 heterocycles. The van der Waals surface area contributed by atoms with Gasteiger partial charge in [-0.25, -0.2) is 0 Å². The molecule has 0 spiro atoms. The van der Waals surface area contributed by atoms with Crippen LogP contribution in [-0.2, 0) is 9.59 Å². The van der Waals surface area contributed by atoms with Gasteiger partial charge in [0.25, 0.3) is 5.91 Å². The Morgan fingerprint density at radius 3 is 2.24 bits per heavy atom. The molecule has 0 atom stereocenters. The van der Waals surface area contributed by atoms with Crippen molar-refractivity contribution >= 4 is 11.9 Å².